The fourth-order valence-electron chi connectivity index (χ4n) is 3.47. The lowest BCUT2D eigenvalue weighted by molar-refractivity contribution is 0.206. The minimum atomic E-state index is -3.23. The van der Waals surface area contributed by atoms with Gasteiger partial charge < -0.3 is 9.47 Å². The number of fused-ring (bicyclic) bond motifs is 1. The van der Waals surface area contributed by atoms with Gasteiger partial charge in [0, 0.05) is 18.2 Å². The quantitative estimate of drug-likeness (QED) is 0.584. The summed E-state index contributed by atoms with van der Waals surface area (Å²) >= 11 is 0. The smallest absolute Gasteiger partial charge is 0.175 e. The molecule has 160 valence electrons. The lowest BCUT2D eigenvalue weighted by Gasteiger charge is -2.28. The Morgan fingerprint density at radius 3 is 2.39 bits per heavy atom. The van der Waals surface area contributed by atoms with Gasteiger partial charge in [-0.1, -0.05) is 23.8 Å². The van der Waals surface area contributed by atoms with E-state index in [0.717, 1.165) is 33.9 Å². The van der Waals surface area contributed by atoms with Gasteiger partial charge in [-0.05, 0) is 61.0 Å². The fraction of sp³-hybridized carbons (Fsp3) is 0.208. The van der Waals surface area contributed by atoms with Crippen molar-refractivity contribution in [3.8, 4) is 11.5 Å². The highest BCUT2D eigenvalue weighted by molar-refractivity contribution is 7.90. The number of methoxy groups -OCH3 is 1. The second-order valence-corrected chi connectivity index (χ2v) is 9.57. The highest BCUT2D eigenvalue weighted by Gasteiger charge is 2.26. The van der Waals surface area contributed by atoms with Gasteiger partial charge in [0.2, 0.25) is 0 Å². The normalized spacial score (nSPS) is 17.0. The Kier molecular flexibility index (Phi) is 5.69. The summed E-state index contributed by atoms with van der Waals surface area (Å²) in [6.07, 6.45) is 1.61. The summed E-state index contributed by atoms with van der Waals surface area (Å²) in [5, 5.41) is 4.65. The largest absolute Gasteiger partial charge is 0.497 e. The lowest BCUT2D eigenvalue weighted by atomic mass is 9.94. The molecule has 1 atom stereocenters. The molecule has 4 rings (SSSR count). The second kappa shape index (κ2) is 8.43. The van der Waals surface area contributed by atoms with E-state index in [1.807, 2.05) is 43.3 Å². The SMILES string of the molecule is COc1ccc(C2C/C(=N\Nc3ccc(S(C)(=O)=O)cc3)c3cc(C)ccc3O2)cc1. The van der Waals surface area contributed by atoms with Crippen molar-refractivity contribution in [2.45, 2.75) is 24.3 Å². The molecule has 0 radical (unpaired) electrons. The molecule has 3 aromatic rings. The van der Waals surface area contributed by atoms with Crippen LogP contribution in [0, 0.1) is 6.92 Å². The summed E-state index contributed by atoms with van der Waals surface area (Å²) in [6.45, 7) is 2.03. The van der Waals surface area contributed by atoms with Gasteiger partial charge in [-0.25, -0.2) is 8.42 Å². The van der Waals surface area contributed by atoms with E-state index < -0.39 is 9.84 Å². The summed E-state index contributed by atoms with van der Waals surface area (Å²) < 4.78 is 34.8. The van der Waals surface area contributed by atoms with Gasteiger partial charge in [-0.3, -0.25) is 5.43 Å². The molecule has 0 saturated heterocycles. The van der Waals surface area contributed by atoms with Crippen LogP contribution < -0.4 is 14.9 Å². The van der Waals surface area contributed by atoms with E-state index in [0.29, 0.717) is 12.1 Å². The van der Waals surface area contributed by atoms with E-state index in [1.54, 1.807) is 31.4 Å². The summed E-state index contributed by atoms with van der Waals surface area (Å²) in [5.74, 6) is 1.58. The molecule has 0 aromatic heterocycles. The predicted octanol–water partition coefficient (Wildman–Crippen LogP) is 4.75. The van der Waals surface area contributed by atoms with Crippen LogP contribution in [0.1, 0.15) is 29.2 Å². The zero-order valence-electron chi connectivity index (χ0n) is 17.6. The minimum absolute atomic E-state index is 0.172. The highest BCUT2D eigenvalue weighted by atomic mass is 32.2. The molecule has 0 aliphatic carbocycles. The Bertz CT molecular complexity index is 1220. The van der Waals surface area contributed by atoms with Crippen molar-refractivity contribution in [3.63, 3.8) is 0 Å². The van der Waals surface area contributed by atoms with Crippen molar-refractivity contribution >= 4 is 21.2 Å². The standard InChI is InChI=1S/C24H24N2O4S/c1-16-4-13-23-21(14-16)22(15-24(30-23)17-5-9-19(29-2)10-6-17)26-25-18-7-11-20(12-8-18)31(3,27)28/h4-14,24-25H,15H2,1-3H3/b26-22+. The fourth-order valence-corrected chi connectivity index (χ4v) is 4.10. The molecule has 3 aromatic carbocycles. The van der Waals surface area contributed by atoms with E-state index in [4.69, 9.17) is 9.47 Å². The van der Waals surface area contributed by atoms with Gasteiger partial charge in [-0.15, -0.1) is 0 Å². The number of nitrogens with one attached hydrogen (secondary N) is 1. The zero-order chi connectivity index (χ0) is 22.0. The van der Waals surface area contributed by atoms with Crippen molar-refractivity contribution in [2.24, 2.45) is 5.10 Å². The van der Waals surface area contributed by atoms with Gasteiger partial charge in [0.1, 0.15) is 17.6 Å². The number of rotatable bonds is 5. The van der Waals surface area contributed by atoms with Gasteiger partial charge >= 0.3 is 0 Å². The number of anilines is 1. The molecule has 6 nitrogen and oxygen atoms in total. The lowest BCUT2D eigenvalue weighted by Crippen LogP contribution is -2.22. The number of sulfone groups is 1. The first-order valence-electron chi connectivity index (χ1n) is 9.88. The van der Waals surface area contributed by atoms with Gasteiger partial charge in [-0.2, -0.15) is 5.10 Å². The average Bonchev–Trinajstić information content (AvgIpc) is 2.77. The van der Waals surface area contributed by atoms with E-state index >= 15 is 0 Å². The van der Waals surface area contributed by atoms with Crippen LogP contribution in [0.5, 0.6) is 11.5 Å². The van der Waals surface area contributed by atoms with Crippen molar-refractivity contribution in [1.82, 2.24) is 0 Å². The van der Waals surface area contributed by atoms with Crippen LogP contribution in [0.4, 0.5) is 5.69 Å². The van der Waals surface area contributed by atoms with E-state index in [2.05, 4.69) is 16.6 Å². The summed E-state index contributed by atoms with van der Waals surface area (Å²) in [5.41, 5.74) is 7.75. The van der Waals surface area contributed by atoms with E-state index in [9.17, 15) is 8.42 Å². The Hall–Kier alpha value is -3.32. The van der Waals surface area contributed by atoms with E-state index in [-0.39, 0.29) is 11.0 Å². The van der Waals surface area contributed by atoms with Crippen molar-refractivity contribution in [1.29, 1.82) is 0 Å². The maximum Gasteiger partial charge on any atom is 0.175 e. The molecule has 0 saturated carbocycles. The molecular weight excluding hydrogens is 412 g/mol. The number of benzene rings is 3. The Morgan fingerprint density at radius 1 is 1.03 bits per heavy atom. The summed E-state index contributed by atoms with van der Waals surface area (Å²) in [7, 11) is -1.59. The first-order chi connectivity index (χ1) is 14.8. The third-order valence-electron chi connectivity index (χ3n) is 5.18. The van der Waals surface area contributed by atoms with Crippen LogP contribution in [-0.4, -0.2) is 27.5 Å². The molecule has 0 amide bonds. The predicted molar refractivity (Wildman–Crippen MR) is 122 cm³/mol. The van der Waals surface area contributed by atoms with Crippen LogP contribution in [0.25, 0.3) is 0 Å². The topological polar surface area (TPSA) is 77.0 Å². The van der Waals surface area contributed by atoms with E-state index in [1.165, 1.54) is 6.26 Å². The number of hydrogen-bond donors (Lipinski definition) is 1. The highest BCUT2D eigenvalue weighted by Crippen LogP contribution is 2.36. The third-order valence-corrected chi connectivity index (χ3v) is 6.31. The number of nitrogens with zero attached hydrogens (tertiary/aromatic N) is 1. The van der Waals surface area contributed by atoms with Crippen LogP contribution >= 0.6 is 0 Å². The molecular formula is C24H24N2O4S. The second-order valence-electron chi connectivity index (χ2n) is 7.55. The molecule has 7 heteroatoms. The minimum Gasteiger partial charge on any atom is -0.497 e. The number of hydrogen-bond acceptors (Lipinski definition) is 6. The van der Waals surface area contributed by atoms with Gasteiger partial charge in [0.15, 0.2) is 9.84 Å². The molecule has 1 aliphatic heterocycles. The number of aryl methyl sites for hydroxylation is 1. The molecule has 31 heavy (non-hydrogen) atoms. The van der Waals surface area contributed by atoms with Gasteiger partial charge in [0.25, 0.3) is 0 Å². The van der Waals surface area contributed by atoms with Crippen LogP contribution in [-0.2, 0) is 9.84 Å². The molecule has 1 N–H and O–H groups in total. The Balaban J connectivity index is 1.63. The molecule has 1 aliphatic rings. The van der Waals surface area contributed by atoms with Crippen LogP contribution in [0.15, 0.2) is 76.7 Å². The summed E-state index contributed by atoms with van der Waals surface area (Å²) in [4.78, 5) is 0.275. The molecule has 1 unspecified atom stereocenters. The average molecular weight is 437 g/mol. The summed E-state index contributed by atoms with van der Waals surface area (Å²) in [6, 6.07) is 20.4. The molecule has 0 bridgehead atoms. The molecule has 1 heterocycles. The Labute approximate surface area is 182 Å². The maximum absolute atomic E-state index is 11.7. The van der Waals surface area contributed by atoms with Crippen LogP contribution in [0.2, 0.25) is 0 Å². The van der Waals surface area contributed by atoms with Gasteiger partial charge in [0.05, 0.1) is 23.4 Å². The van der Waals surface area contributed by atoms with Crippen molar-refractivity contribution in [3.05, 3.63) is 83.4 Å². The van der Waals surface area contributed by atoms with Crippen LogP contribution in [0.3, 0.4) is 0 Å². The zero-order valence-corrected chi connectivity index (χ0v) is 18.4. The number of hydrazone groups is 1. The van der Waals surface area contributed by atoms with Crippen molar-refractivity contribution in [2.75, 3.05) is 18.8 Å². The first-order valence-corrected chi connectivity index (χ1v) is 11.8. The molecule has 0 spiro atoms. The Morgan fingerprint density at radius 2 is 1.74 bits per heavy atom. The number of ether oxygens (including phenoxy) is 2. The first kappa shape index (κ1) is 20.9. The molecule has 0 fully saturated rings. The maximum atomic E-state index is 11.7. The third kappa shape index (κ3) is 4.72. The van der Waals surface area contributed by atoms with Crippen molar-refractivity contribution < 1.29 is 17.9 Å². The monoisotopic (exact) mass is 436 g/mol.